The smallest absolute Gasteiger partial charge is 0.243 e. The van der Waals surface area contributed by atoms with Crippen molar-refractivity contribution in [2.45, 2.75) is 29.7 Å². The van der Waals surface area contributed by atoms with Gasteiger partial charge in [0.2, 0.25) is 5.91 Å². The highest BCUT2D eigenvalue weighted by Gasteiger charge is 2.27. The van der Waals surface area contributed by atoms with Crippen molar-refractivity contribution in [1.82, 2.24) is 4.90 Å². The molecule has 0 bridgehead atoms. The Bertz CT molecular complexity index is 333. The standard InChI is InChI=1S/C14H23IN2O/c1-4-6-12(15-3)11-7-9-17(10-8-11)14(18)13(16)5-2/h4-6,11-13H,2-3,7-10,16H2,1H3/b6-4+/t12?,13-/m1/s1. The molecule has 3 nitrogen and oxygen atoms in total. The Hall–Kier alpha value is -0.490. The summed E-state index contributed by atoms with van der Waals surface area (Å²) in [6.45, 7) is 7.28. The molecule has 2 N–H and O–H groups in total. The van der Waals surface area contributed by atoms with Crippen molar-refractivity contribution in [3.8, 4) is 0 Å². The molecule has 0 aliphatic carbocycles. The molecule has 1 fully saturated rings. The number of nitrogens with two attached hydrogens (primary N) is 1. The first kappa shape index (κ1) is 15.6. The second-order valence-electron chi connectivity index (χ2n) is 4.55. The molecule has 18 heavy (non-hydrogen) atoms. The molecule has 2 atom stereocenters. The van der Waals surface area contributed by atoms with Gasteiger partial charge in [0.05, 0.1) is 0 Å². The van der Waals surface area contributed by atoms with Crippen LogP contribution in [0.25, 0.3) is 0 Å². The van der Waals surface area contributed by atoms with E-state index in [1.165, 1.54) is 6.08 Å². The van der Waals surface area contributed by atoms with Crippen LogP contribution in [0.15, 0.2) is 24.8 Å². The van der Waals surface area contributed by atoms with Gasteiger partial charge in [-0.05, 0) is 25.7 Å². The van der Waals surface area contributed by atoms with Crippen LogP contribution in [0.3, 0.4) is 0 Å². The quantitative estimate of drug-likeness (QED) is 0.463. The number of carbonyl (C=O) groups excluding carboxylic acids is 1. The summed E-state index contributed by atoms with van der Waals surface area (Å²) >= 11 is -0.0176. The highest BCUT2D eigenvalue weighted by molar-refractivity contribution is 14.2. The number of halogens is 1. The summed E-state index contributed by atoms with van der Waals surface area (Å²) < 4.78 is 4.77. The SMILES string of the molecule is C=C[C@@H](N)C(=O)N1CCC(C(/C=C/C)I=C)CC1. The van der Waals surface area contributed by atoms with Gasteiger partial charge in [-0.25, -0.2) is 0 Å². The van der Waals surface area contributed by atoms with Gasteiger partial charge in [-0.1, -0.05) is 22.7 Å². The number of carbonyl (C=O) groups is 1. The number of piperidine rings is 1. The first-order chi connectivity index (χ1) is 8.63. The van der Waals surface area contributed by atoms with E-state index in [4.69, 9.17) is 5.73 Å². The number of rotatable bonds is 5. The topological polar surface area (TPSA) is 46.3 Å². The number of likely N-dealkylation sites (tertiary alicyclic amines) is 1. The molecule has 0 aromatic heterocycles. The van der Waals surface area contributed by atoms with E-state index in [0.717, 1.165) is 25.9 Å². The summed E-state index contributed by atoms with van der Waals surface area (Å²) in [7, 11) is 0. The molecule has 0 radical (unpaired) electrons. The molecule has 0 aromatic carbocycles. The van der Waals surface area contributed by atoms with Crippen LogP contribution >= 0.6 is 20.7 Å². The van der Waals surface area contributed by atoms with Gasteiger partial charge in [0, 0.05) is 17.0 Å². The van der Waals surface area contributed by atoms with Crippen molar-refractivity contribution in [3.63, 3.8) is 0 Å². The van der Waals surface area contributed by atoms with Gasteiger partial charge in [0.15, 0.2) is 0 Å². The zero-order valence-corrected chi connectivity index (χ0v) is 13.2. The van der Waals surface area contributed by atoms with Crippen LogP contribution in [0.4, 0.5) is 0 Å². The van der Waals surface area contributed by atoms with Crippen LogP contribution in [-0.4, -0.2) is 38.4 Å². The van der Waals surface area contributed by atoms with Crippen LogP contribution in [0.1, 0.15) is 19.8 Å². The molecule has 4 heteroatoms. The Balaban J connectivity index is 2.52. The lowest BCUT2D eigenvalue weighted by Gasteiger charge is -2.34. The van der Waals surface area contributed by atoms with Crippen LogP contribution in [-0.2, 0) is 4.79 Å². The lowest BCUT2D eigenvalue weighted by Crippen LogP contribution is -2.47. The summed E-state index contributed by atoms with van der Waals surface area (Å²) in [4.78, 5) is 13.8. The van der Waals surface area contributed by atoms with E-state index in [9.17, 15) is 4.79 Å². The molecular formula is C14H23IN2O. The summed E-state index contributed by atoms with van der Waals surface area (Å²) in [5, 5.41) is 0. The number of allylic oxidation sites excluding steroid dienone is 2. The molecule has 1 rings (SSSR count). The summed E-state index contributed by atoms with van der Waals surface area (Å²) in [6.07, 6.45) is 8.07. The van der Waals surface area contributed by atoms with Gasteiger partial charge in [-0.2, -0.15) is 0 Å². The van der Waals surface area contributed by atoms with Gasteiger partial charge in [-0.3, -0.25) is 4.79 Å². The zero-order valence-electron chi connectivity index (χ0n) is 11.0. The molecular weight excluding hydrogens is 339 g/mol. The number of hydrogen-bond donors (Lipinski definition) is 1. The van der Waals surface area contributed by atoms with Gasteiger partial charge < -0.3 is 10.6 Å². The van der Waals surface area contributed by atoms with Crippen molar-refractivity contribution in [1.29, 1.82) is 0 Å². The van der Waals surface area contributed by atoms with Crippen molar-refractivity contribution >= 4 is 31.2 Å². The number of nitrogens with zero attached hydrogens (tertiary/aromatic N) is 1. The maximum Gasteiger partial charge on any atom is 0.243 e. The van der Waals surface area contributed by atoms with Crippen molar-refractivity contribution < 1.29 is 4.79 Å². The van der Waals surface area contributed by atoms with Crippen LogP contribution < -0.4 is 5.73 Å². The van der Waals surface area contributed by atoms with E-state index in [-0.39, 0.29) is 26.6 Å². The molecule has 1 heterocycles. The molecule has 0 aromatic rings. The monoisotopic (exact) mass is 362 g/mol. The third-order valence-corrected chi connectivity index (χ3v) is 5.84. The minimum atomic E-state index is -0.548. The molecule has 1 unspecified atom stereocenters. The van der Waals surface area contributed by atoms with E-state index < -0.39 is 6.04 Å². The van der Waals surface area contributed by atoms with Crippen LogP contribution in [0.2, 0.25) is 0 Å². The highest BCUT2D eigenvalue weighted by atomic mass is 127. The van der Waals surface area contributed by atoms with E-state index in [2.05, 4.69) is 30.2 Å². The molecule has 1 saturated heterocycles. The van der Waals surface area contributed by atoms with Gasteiger partial charge in [0.25, 0.3) is 0 Å². The average molecular weight is 362 g/mol. The molecule has 1 aliphatic heterocycles. The number of alkyl halides is 1. The lowest BCUT2D eigenvalue weighted by atomic mass is 9.93. The fourth-order valence-corrected chi connectivity index (χ4v) is 4.42. The maximum absolute atomic E-state index is 11.9. The van der Waals surface area contributed by atoms with E-state index in [1.807, 2.05) is 4.90 Å². The third kappa shape index (κ3) is 4.02. The molecule has 0 spiro atoms. The van der Waals surface area contributed by atoms with Gasteiger partial charge in [0.1, 0.15) is 6.04 Å². The summed E-state index contributed by atoms with van der Waals surface area (Å²) in [6, 6.07) is -0.548. The Kier molecular flexibility index (Phi) is 6.78. The largest absolute Gasteiger partial charge is 0.341 e. The minimum Gasteiger partial charge on any atom is -0.341 e. The van der Waals surface area contributed by atoms with Crippen molar-refractivity contribution in [2.24, 2.45) is 11.7 Å². The fraction of sp³-hybridized carbons (Fsp3) is 0.571. The lowest BCUT2D eigenvalue weighted by molar-refractivity contribution is -0.132. The Morgan fingerprint density at radius 2 is 2.11 bits per heavy atom. The number of amides is 1. The second kappa shape index (κ2) is 7.84. The predicted molar refractivity (Wildman–Crippen MR) is 87.2 cm³/mol. The Labute approximate surface area is 120 Å². The first-order valence-corrected chi connectivity index (χ1v) is 9.07. The minimum absolute atomic E-state index is 0.00959. The van der Waals surface area contributed by atoms with Crippen LogP contribution in [0.5, 0.6) is 0 Å². The third-order valence-electron chi connectivity index (χ3n) is 3.40. The highest BCUT2D eigenvalue weighted by Crippen LogP contribution is 2.29. The van der Waals surface area contributed by atoms with Gasteiger partial charge in [-0.15, -0.1) is 27.3 Å². The molecule has 102 valence electrons. The second-order valence-corrected chi connectivity index (χ2v) is 6.87. The number of hydrogen-bond acceptors (Lipinski definition) is 2. The van der Waals surface area contributed by atoms with Crippen LogP contribution in [0, 0.1) is 5.92 Å². The van der Waals surface area contributed by atoms with E-state index in [1.54, 1.807) is 0 Å². The predicted octanol–water partition coefficient (Wildman–Crippen LogP) is 2.09. The zero-order chi connectivity index (χ0) is 13.5. The van der Waals surface area contributed by atoms with E-state index >= 15 is 0 Å². The molecule has 0 saturated carbocycles. The first-order valence-electron chi connectivity index (χ1n) is 6.30. The summed E-state index contributed by atoms with van der Waals surface area (Å²) in [5.41, 5.74) is 5.69. The van der Waals surface area contributed by atoms with Crippen molar-refractivity contribution in [3.05, 3.63) is 24.8 Å². The normalized spacial score (nSPS) is 20.9. The van der Waals surface area contributed by atoms with E-state index in [0.29, 0.717) is 9.84 Å². The Morgan fingerprint density at radius 1 is 1.50 bits per heavy atom. The van der Waals surface area contributed by atoms with Crippen molar-refractivity contribution in [2.75, 3.05) is 13.1 Å². The molecule has 1 aliphatic rings. The average Bonchev–Trinajstić information content (AvgIpc) is 2.43. The Morgan fingerprint density at radius 3 is 2.56 bits per heavy atom. The van der Waals surface area contributed by atoms with Gasteiger partial charge >= 0.3 is 0 Å². The fourth-order valence-electron chi connectivity index (χ4n) is 2.27. The maximum atomic E-state index is 11.9. The molecule has 1 amide bonds. The summed E-state index contributed by atoms with van der Waals surface area (Å²) in [5.74, 6) is 0.700.